The van der Waals surface area contributed by atoms with E-state index in [-0.39, 0.29) is 12.5 Å². The molecular weight excluding hydrogens is 368 g/mol. The van der Waals surface area contributed by atoms with E-state index in [4.69, 9.17) is 9.47 Å². The molecule has 0 saturated heterocycles. The summed E-state index contributed by atoms with van der Waals surface area (Å²) in [7, 11) is 0. The van der Waals surface area contributed by atoms with E-state index in [9.17, 15) is 9.59 Å². The van der Waals surface area contributed by atoms with E-state index in [1.807, 2.05) is 31.2 Å². The van der Waals surface area contributed by atoms with Crippen LogP contribution in [0.15, 0.2) is 36.4 Å². The SMILES string of the molecule is Cc1cccc(OCCNC(=O)COC(=O)/C=C/c2cc(C)n(C3CC3)c2C)c1. The van der Waals surface area contributed by atoms with Crippen LogP contribution in [0.4, 0.5) is 0 Å². The lowest BCUT2D eigenvalue weighted by Crippen LogP contribution is -2.31. The van der Waals surface area contributed by atoms with Crippen LogP contribution in [0, 0.1) is 20.8 Å². The van der Waals surface area contributed by atoms with Crippen LogP contribution in [0.2, 0.25) is 0 Å². The Morgan fingerprint density at radius 3 is 2.72 bits per heavy atom. The number of esters is 1. The molecule has 154 valence electrons. The summed E-state index contributed by atoms with van der Waals surface area (Å²) >= 11 is 0. The number of carbonyl (C=O) groups excluding carboxylic acids is 2. The Hall–Kier alpha value is -3.02. The Labute approximate surface area is 171 Å². The predicted octanol–water partition coefficient (Wildman–Crippen LogP) is 3.50. The maximum absolute atomic E-state index is 11.9. The molecule has 1 aromatic heterocycles. The third-order valence-corrected chi connectivity index (χ3v) is 4.86. The lowest BCUT2D eigenvalue weighted by molar-refractivity contribution is -0.143. The molecule has 1 N–H and O–H groups in total. The number of hydrogen-bond acceptors (Lipinski definition) is 4. The highest BCUT2D eigenvalue weighted by atomic mass is 16.5. The van der Waals surface area contributed by atoms with Gasteiger partial charge in [-0.3, -0.25) is 4.79 Å². The van der Waals surface area contributed by atoms with Gasteiger partial charge in [-0.2, -0.15) is 0 Å². The highest BCUT2D eigenvalue weighted by Gasteiger charge is 2.26. The van der Waals surface area contributed by atoms with E-state index in [0.29, 0.717) is 19.2 Å². The molecule has 1 heterocycles. The van der Waals surface area contributed by atoms with Crippen LogP contribution in [0.1, 0.15) is 41.4 Å². The molecule has 3 rings (SSSR count). The third kappa shape index (κ3) is 5.98. The molecule has 1 saturated carbocycles. The first-order valence-corrected chi connectivity index (χ1v) is 9.93. The summed E-state index contributed by atoms with van der Waals surface area (Å²) in [6.45, 7) is 6.50. The van der Waals surface area contributed by atoms with Gasteiger partial charge in [0.25, 0.3) is 5.91 Å². The first kappa shape index (κ1) is 20.7. The van der Waals surface area contributed by atoms with Crippen LogP contribution >= 0.6 is 0 Å². The Morgan fingerprint density at radius 2 is 2.00 bits per heavy atom. The quantitative estimate of drug-likeness (QED) is 0.400. The summed E-state index contributed by atoms with van der Waals surface area (Å²) in [5.41, 5.74) is 4.47. The number of nitrogens with one attached hydrogen (secondary N) is 1. The van der Waals surface area contributed by atoms with Gasteiger partial charge in [-0.1, -0.05) is 12.1 Å². The summed E-state index contributed by atoms with van der Waals surface area (Å²) in [6.07, 6.45) is 5.55. The van der Waals surface area contributed by atoms with Gasteiger partial charge in [0.05, 0.1) is 6.54 Å². The third-order valence-electron chi connectivity index (χ3n) is 4.86. The average molecular weight is 396 g/mol. The van der Waals surface area contributed by atoms with Crippen LogP contribution in [-0.2, 0) is 14.3 Å². The minimum absolute atomic E-state index is 0.311. The maximum Gasteiger partial charge on any atom is 0.331 e. The number of carbonyl (C=O) groups is 2. The van der Waals surface area contributed by atoms with Crippen molar-refractivity contribution >= 4 is 18.0 Å². The molecule has 6 nitrogen and oxygen atoms in total. The van der Waals surface area contributed by atoms with Gasteiger partial charge in [0.15, 0.2) is 6.61 Å². The van der Waals surface area contributed by atoms with Crippen molar-refractivity contribution in [3.05, 3.63) is 58.9 Å². The molecule has 6 heteroatoms. The van der Waals surface area contributed by atoms with Gasteiger partial charge in [0, 0.05) is 23.5 Å². The fourth-order valence-corrected chi connectivity index (χ4v) is 3.32. The van der Waals surface area contributed by atoms with E-state index < -0.39 is 5.97 Å². The number of ether oxygens (including phenoxy) is 2. The largest absolute Gasteiger partial charge is 0.492 e. The Kier molecular flexibility index (Phi) is 6.75. The van der Waals surface area contributed by atoms with E-state index in [0.717, 1.165) is 22.6 Å². The van der Waals surface area contributed by atoms with Crippen molar-refractivity contribution in [1.82, 2.24) is 9.88 Å². The second kappa shape index (κ2) is 9.45. The molecule has 1 aromatic carbocycles. The van der Waals surface area contributed by atoms with Crippen molar-refractivity contribution in [2.24, 2.45) is 0 Å². The van der Waals surface area contributed by atoms with Crippen molar-refractivity contribution in [3.8, 4) is 5.75 Å². The number of aryl methyl sites for hydroxylation is 2. The van der Waals surface area contributed by atoms with Gasteiger partial charge in [-0.15, -0.1) is 0 Å². The van der Waals surface area contributed by atoms with E-state index in [1.54, 1.807) is 6.08 Å². The fourth-order valence-electron chi connectivity index (χ4n) is 3.32. The Balaban J connectivity index is 1.36. The standard InChI is InChI=1S/C23H28N2O4/c1-16-5-4-6-21(13-16)28-12-11-24-22(26)15-29-23(27)10-7-19-14-17(2)25(18(19)3)20-8-9-20/h4-7,10,13-14,20H,8-9,11-12,15H2,1-3H3,(H,24,26)/b10-7+. The molecule has 2 aromatic rings. The molecular formula is C23H28N2O4. The molecule has 0 radical (unpaired) electrons. The highest BCUT2D eigenvalue weighted by molar-refractivity contribution is 5.89. The molecule has 0 unspecified atom stereocenters. The van der Waals surface area contributed by atoms with Gasteiger partial charge < -0.3 is 19.4 Å². The average Bonchev–Trinajstić information content (AvgIpc) is 3.47. The van der Waals surface area contributed by atoms with Gasteiger partial charge >= 0.3 is 5.97 Å². The molecule has 1 fully saturated rings. The number of nitrogens with zero attached hydrogens (tertiary/aromatic N) is 1. The zero-order chi connectivity index (χ0) is 20.8. The first-order chi connectivity index (χ1) is 13.9. The van der Waals surface area contributed by atoms with Crippen molar-refractivity contribution in [2.75, 3.05) is 19.8 Å². The van der Waals surface area contributed by atoms with Crippen molar-refractivity contribution < 1.29 is 19.1 Å². The lowest BCUT2D eigenvalue weighted by atomic mass is 10.2. The minimum Gasteiger partial charge on any atom is -0.492 e. The van der Waals surface area contributed by atoms with Crippen LogP contribution < -0.4 is 10.1 Å². The molecule has 0 bridgehead atoms. The van der Waals surface area contributed by atoms with Gasteiger partial charge in [0.2, 0.25) is 0 Å². The summed E-state index contributed by atoms with van der Waals surface area (Å²) in [5, 5.41) is 2.67. The van der Waals surface area contributed by atoms with Gasteiger partial charge in [-0.25, -0.2) is 4.79 Å². The molecule has 0 spiro atoms. The van der Waals surface area contributed by atoms with Gasteiger partial charge in [0.1, 0.15) is 12.4 Å². The predicted molar refractivity (Wildman–Crippen MR) is 112 cm³/mol. The van der Waals surface area contributed by atoms with Crippen LogP contribution in [0.3, 0.4) is 0 Å². The summed E-state index contributed by atoms with van der Waals surface area (Å²) < 4.78 is 12.9. The van der Waals surface area contributed by atoms with Crippen LogP contribution in [-0.4, -0.2) is 36.2 Å². The first-order valence-electron chi connectivity index (χ1n) is 9.93. The smallest absolute Gasteiger partial charge is 0.331 e. The molecule has 0 atom stereocenters. The zero-order valence-corrected chi connectivity index (χ0v) is 17.2. The second-order valence-electron chi connectivity index (χ2n) is 7.38. The molecule has 29 heavy (non-hydrogen) atoms. The second-order valence-corrected chi connectivity index (χ2v) is 7.38. The minimum atomic E-state index is -0.535. The number of rotatable bonds is 9. The number of amides is 1. The van der Waals surface area contributed by atoms with E-state index in [2.05, 4.69) is 29.8 Å². The van der Waals surface area contributed by atoms with Crippen LogP contribution in [0.25, 0.3) is 6.08 Å². The van der Waals surface area contributed by atoms with Crippen LogP contribution in [0.5, 0.6) is 5.75 Å². The van der Waals surface area contributed by atoms with E-state index in [1.165, 1.54) is 24.6 Å². The Bertz CT molecular complexity index is 910. The molecule has 1 aliphatic carbocycles. The zero-order valence-electron chi connectivity index (χ0n) is 17.2. The summed E-state index contributed by atoms with van der Waals surface area (Å²) in [6, 6.07) is 10.4. The summed E-state index contributed by atoms with van der Waals surface area (Å²) in [4.78, 5) is 23.7. The van der Waals surface area contributed by atoms with Crippen molar-refractivity contribution in [3.63, 3.8) is 0 Å². The maximum atomic E-state index is 11.9. The normalized spacial score (nSPS) is 13.5. The number of aromatic nitrogens is 1. The Morgan fingerprint density at radius 1 is 1.21 bits per heavy atom. The summed E-state index contributed by atoms with van der Waals surface area (Å²) in [5.74, 6) is -0.129. The van der Waals surface area contributed by atoms with Crippen molar-refractivity contribution in [2.45, 2.75) is 39.7 Å². The number of hydrogen-bond donors (Lipinski definition) is 1. The van der Waals surface area contributed by atoms with E-state index >= 15 is 0 Å². The molecule has 1 amide bonds. The van der Waals surface area contributed by atoms with Gasteiger partial charge in [-0.05, 0) is 69.0 Å². The van der Waals surface area contributed by atoms with Crippen molar-refractivity contribution in [1.29, 1.82) is 0 Å². The molecule has 1 aliphatic rings. The monoisotopic (exact) mass is 396 g/mol. The number of benzene rings is 1. The topological polar surface area (TPSA) is 69.6 Å². The molecule has 0 aliphatic heterocycles. The highest BCUT2D eigenvalue weighted by Crippen LogP contribution is 2.38. The fraction of sp³-hybridized carbons (Fsp3) is 0.391. The lowest BCUT2D eigenvalue weighted by Gasteiger charge is -2.08.